The number of esters is 1. The van der Waals surface area contributed by atoms with Crippen LogP contribution in [0.15, 0.2) is 0 Å². The molecule has 0 spiro atoms. The molecule has 30 heavy (non-hydrogen) atoms. The number of ether oxygens (including phenoxy) is 2. The van der Waals surface area contributed by atoms with Gasteiger partial charge in [0, 0.05) is 0 Å². The average molecular weight is 428 g/mol. The molecule has 1 amide bonds. The summed E-state index contributed by atoms with van der Waals surface area (Å²) in [5, 5.41) is 2.42. The number of amides is 1. The third-order valence-corrected chi connectivity index (χ3v) is 5.02. The minimum atomic E-state index is -0.575. The molecule has 0 unspecified atom stereocenters. The zero-order chi connectivity index (χ0) is 22.5. The summed E-state index contributed by atoms with van der Waals surface area (Å²) in [6.07, 6.45) is 19.1. The Morgan fingerprint density at radius 3 is 1.53 bits per heavy atom. The Morgan fingerprint density at radius 1 is 0.667 bits per heavy atom. The Balaban J connectivity index is 3.28. The minimum absolute atomic E-state index is 0.0919. The molecule has 0 aliphatic heterocycles. The average Bonchev–Trinajstić information content (AvgIpc) is 2.69. The second-order valence-corrected chi connectivity index (χ2v) is 9.66. The van der Waals surface area contributed by atoms with E-state index in [4.69, 9.17) is 9.47 Å². The zero-order valence-electron chi connectivity index (χ0n) is 20.4. The highest BCUT2D eigenvalue weighted by molar-refractivity contribution is 5.77. The molecule has 0 saturated carbocycles. The molecule has 0 fully saturated rings. The molecule has 0 radical (unpaired) electrons. The molecule has 0 heterocycles. The third kappa shape index (κ3) is 23.0. The number of carbonyl (C=O) groups is 2. The van der Waals surface area contributed by atoms with Gasteiger partial charge in [-0.05, 0) is 11.8 Å². The van der Waals surface area contributed by atoms with Crippen LogP contribution in [0.4, 0.5) is 4.79 Å². The number of unbranched alkanes of at least 4 members (excludes halogenated alkanes) is 14. The van der Waals surface area contributed by atoms with Crippen molar-refractivity contribution in [2.24, 2.45) is 5.41 Å². The quantitative estimate of drug-likeness (QED) is 0.175. The maximum Gasteiger partial charge on any atom is 0.407 e. The first-order valence-electron chi connectivity index (χ1n) is 12.4. The second kappa shape index (κ2) is 19.7. The van der Waals surface area contributed by atoms with Crippen LogP contribution in [0.3, 0.4) is 0 Å². The maximum atomic E-state index is 11.6. The lowest BCUT2D eigenvalue weighted by Crippen LogP contribution is -2.33. The van der Waals surface area contributed by atoms with Crippen LogP contribution in [0.2, 0.25) is 0 Å². The number of alkyl carbamates (subject to hydrolysis) is 1. The minimum Gasteiger partial charge on any atom is -0.464 e. The highest BCUT2D eigenvalue weighted by Crippen LogP contribution is 2.14. The van der Waals surface area contributed by atoms with Crippen LogP contribution in [-0.4, -0.2) is 31.8 Å². The van der Waals surface area contributed by atoms with E-state index in [2.05, 4.69) is 12.2 Å². The standard InChI is InChI=1S/C25H49NO4/c1-5-6-7-8-9-10-11-12-13-14-15-16-17-18-19-20-29-23(27)21-26-24(28)30-22-25(2,3)4/h5-22H2,1-4H3,(H,26,28). The summed E-state index contributed by atoms with van der Waals surface area (Å²) >= 11 is 0. The summed E-state index contributed by atoms with van der Waals surface area (Å²) in [5.41, 5.74) is -0.0919. The number of nitrogens with one attached hydrogen (secondary N) is 1. The fourth-order valence-electron chi connectivity index (χ4n) is 3.19. The topological polar surface area (TPSA) is 64.6 Å². The molecule has 0 rings (SSSR count). The Bertz CT molecular complexity index is 418. The summed E-state index contributed by atoms with van der Waals surface area (Å²) < 4.78 is 10.2. The fraction of sp³-hybridized carbons (Fsp3) is 0.920. The summed E-state index contributed by atoms with van der Waals surface area (Å²) in [6, 6.07) is 0. The molecule has 0 aliphatic carbocycles. The predicted molar refractivity (Wildman–Crippen MR) is 125 cm³/mol. The van der Waals surface area contributed by atoms with E-state index >= 15 is 0 Å². The molecular weight excluding hydrogens is 378 g/mol. The molecule has 0 atom stereocenters. The van der Waals surface area contributed by atoms with Crippen LogP contribution < -0.4 is 5.32 Å². The molecule has 0 aromatic rings. The van der Waals surface area contributed by atoms with Gasteiger partial charge in [-0.15, -0.1) is 0 Å². The van der Waals surface area contributed by atoms with Crippen molar-refractivity contribution in [3.05, 3.63) is 0 Å². The van der Waals surface area contributed by atoms with Crippen molar-refractivity contribution in [1.82, 2.24) is 5.32 Å². The van der Waals surface area contributed by atoms with Crippen molar-refractivity contribution in [1.29, 1.82) is 0 Å². The smallest absolute Gasteiger partial charge is 0.407 e. The van der Waals surface area contributed by atoms with Crippen LogP contribution in [0.5, 0.6) is 0 Å². The Labute approximate surface area is 186 Å². The molecule has 0 bridgehead atoms. The van der Waals surface area contributed by atoms with Gasteiger partial charge in [0.15, 0.2) is 0 Å². The second-order valence-electron chi connectivity index (χ2n) is 9.66. The van der Waals surface area contributed by atoms with Crippen LogP contribution in [-0.2, 0) is 14.3 Å². The van der Waals surface area contributed by atoms with Crippen molar-refractivity contribution < 1.29 is 19.1 Å². The lowest BCUT2D eigenvalue weighted by atomic mass is 9.99. The molecule has 178 valence electrons. The van der Waals surface area contributed by atoms with Gasteiger partial charge < -0.3 is 14.8 Å². The molecule has 0 saturated heterocycles. The number of rotatable bonds is 19. The van der Waals surface area contributed by atoms with Crippen LogP contribution >= 0.6 is 0 Å². The molecule has 0 aromatic heterocycles. The van der Waals surface area contributed by atoms with E-state index in [1.165, 1.54) is 83.5 Å². The molecule has 5 heteroatoms. The van der Waals surface area contributed by atoms with Crippen LogP contribution in [0.1, 0.15) is 124 Å². The molecule has 0 aliphatic rings. The normalized spacial score (nSPS) is 11.3. The summed E-state index contributed by atoms with van der Waals surface area (Å²) in [4.78, 5) is 23.1. The Kier molecular flexibility index (Phi) is 18.9. The number of carbonyl (C=O) groups excluding carboxylic acids is 2. The molecule has 1 N–H and O–H groups in total. The fourth-order valence-corrected chi connectivity index (χ4v) is 3.19. The van der Waals surface area contributed by atoms with Crippen molar-refractivity contribution in [3.8, 4) is 0 Å². The van der Waals surface area contributed by atoms with Gasteiger partial charge in [0.05, 0.1) is 13.2 Å². The summed E-state index contributed by atoms with van der Waals surface area (Å²) in [5.74, 6) is -0.409. The van der Waals surface area contributed by atoms with Crippen molar-refractivity contribution in [2.45, 2.75) is 124 Å². The van der Waals surface area contributed by atoms with Gasteiger partial charge in [-0.2, -0.15) is 0 Å². The first kappa shape index (κ1) is 28.7. The summed E-state index contributed by atoms with van der Waals surface area (Å²) in [7, 11) is 0. The first-order valence-corrected chi connectivity index (χ1v) is 12.4. The van der Waals surface area contributed by atoms with Gasteiger partial charge in [0.1, 0.15) is 6.54 Å². The maximum absolute atomic E-state index is 11.6. The monoisotopic (exact) mass is 427 g/mol. The van der Waals surface area contributed by atoms with Crippen molar-refractivity contribution in [2.75, 3.05) is 19.8 Å². The molecular formula is C25H49NO4. The molecule has 5 nitrogen and oxygen atoms in total. The Morgan fingerprint density at radius 2 is 1.10 bits per heavy atom. The Hall–Kier alpha value is -1.26. The van der Waals surface area contributed by atoms with E-state index in [1.54, 1.807) is 0 Å². The van der Waals surface area contributed by atoms with E-state index in [0.29, 0.717) is 13.2 Å². The predicted octanol–water partition coefficient (Wildman–Crippen LogP) is 7.17. The summed E-state index contributed by atoms with van der Waals surface area (Å²) in [6.45, 7) is 8.80. The van der Waals surface area contributed by atoms with Gasteiger partial charge in [0.2, 0.25) is 0 Å². The van der Waals surface area contributed by atoms with Crippen molar-refractivity contribution >= 4 is 12.1 Å². The van der Waals surface area contributed by atoms with Gasteiger partial charge in [-0.1, -0.05) is 118 Å². The largest absolute Gasteiger partial charge is 0.464 e. The first-order chi connectivity index (χ1) is 14.3. The lowest BCUT2D eigenvalue weighted by Gasteiger charge is -2.17. The van der Waals surface area contributed by atoms with E-state index in [-0.39, 0.29) is 12.0 Å². The van der Waals surface area contributed by atoms with E-state index in [9.17, 15) is 9.59 Å². The van der Waals surface area contributed by atoms with Crippen LogP contribution in [0.25, 0.3) is 0 Å². The van der Waals surface area contributed by atoms with Gasteiger partial charge in [-0.25, -0.2) is 4.79 Å². The number of hydrogen-bond acceptors (Lipinski definition) is 4. The highest BCUT2D eigenvalue weighted by Gasteiger charge is 2.14. The zero-order valence-corrected chi connectivity index (χ0v) is 20.4. The SMILES string of the molecule is CCCCCCCCCCCCCCCCCOC(=O)CNC(=O)OCC(C)(C)C. The van der Waals surface area contributed by atoms with E-state index in [1.807, 2.05) is 20.8 Å². The van der Waals surface area contributed by atoms with E-state index < -0.39 is 12.1 Å². The van der Waals surface area contributed by atoms with Crippen LogP contribution in [0, 0.1) is 5.41 Å². The van der Waals surface area contributed by atoms with Crippen molar-refractivity contribution in [3.63, 3.8) is 0 Å². The molecule has 0 aromatic carbocycles. The van der Waals surface area contributed by atoms with Gasteiger partial charge >= 0.3 is 12.1 Å². The van der Waals surface area contributed by atoms with Gasteiger partial charge in [0.25, 0.3) is 0 Å². The third-order valence-electron chi connectivity index (χ3n) is 5.02. The lowest BCUT2D eigenvalue weighted by molar-refractivity contribution is -0.142. The number of hydrogen-bond donors (Lipinski definition) is 1. The highest BCUT2D eigenvalue weighted by atomic mass is 16.6. The van der Waals surface area contributed by atoms with E-state index in [0.717, 1.165) is 12.8 Å². The van der Waals surface area contributed by atoms with Gasteiger partial charge in [-0.3, -0.25) is 4.79 Å².